The molecule has 176 valence electrons. The monoisotopic (exact) mass is 462 g/mol. The van der Waals surface area contributed by atoms with Crippen LogP contribution >= 0.6 is 0 Å². The van der Waals surface area contributed by atoms with Crippen LogP contribution in [0.15, 0.2) is 48.9 Å². The number of halogens is 1. The summed E-state index contributed by atoms with van der Waals surface area (Å²) in [5, 5.41) is 6.47. The molecule has 1 atom stereocenters. The molecule has 0 saturated carbocycles. The highest BCUT2D eigenvalue weighted by Gasteiger charge is 2.37. The standard InChI is InChI=1S/C24H27FN8O/c1-16(17-4-6-19(25)7-5-17)28-24-30-20(29-21-13-26-8-9-27-21)12-22(31-24)33-14-18(15-33)23(34)32-10-2-3-11-32/h4-9,12-13,16,18H,2-3,10-11,14-15H2,1H3,(H2,27,28,29,30,31). The van der Waals surface area contributed by atoms with Crippen molar-refractivity contribution in [2.45, 2.75) is 25.8 Å². The van der Waals surface area contributed by atoms with Crippen LogP contribution in [0.25, 0.3) is 0 Å². The van der Waals surface area contributed by atoms with E-state index in [-0.39, 0.29) is 23.7 Å². The molecule has 0 spiro atoms. The smallest absolute Gasteiger partial charge is 0.229 e. The maximum atomic E-state index is 13.3. The van der Waals surface area contributed by atoms with Gasteiger partial charge in [0.2, 0.25) is 11.9 Å². The molecule has 10 heteroatoms. The molecule has 2 fully saturated rings. The second kappa shape index (κ2) is 9.58. The zero-order valence-corrected chi connectivity index (χ0v) is 19.0. The summed E-state index contributed by atoms with van der Waals surface area (Å²) in [5.74, 6) is 2.24. The van der Waals surface area contributed by atoms with E-state index in [9.17, 15) is 9.18 Å². The molecular formula is C24H27FN8O. The van der Waals surface area contributed by atoms with Crippen LogP contribution in [0.1, 0.15) is 31.4 Å². The van der Waals surface area contributed by atoms with Crippen LogP contribution in [-0.2, 0) is 4.79 Å². The lowest BCUT2D eigenvalue weighted by Crippen LogP contribution is -2.54. The fourth-order valence-corrected chi connectivity index (χ4v) is 4.27. The Morgan fingerprint density at radius 3 is 2.56 bits per heavy atom. The van der Waals surface area contributed by atoms with Crippen molar-refractivity contribution in [1.82, 2.24) is 24.8 Å². The van der Waals surface area contributed by atoms with E-state index in [1.807, 2.05) is 17.9 Å². The average Bonchev–Trinajstić information content (AvgIpc) is 3.34. The lowest BCUT2D eigenvalue weighted by Gasteiger charge is -2.40. The molecular weight excluding hydrogens is 435 g/mol. The molecule has 5 rings (SSSR count). The number of nitrogens with zero attached hydrogens (tertiary/aromatic N) is 6. The number of nitrogens with one attached hydrogen (secondary N) is 2. The zero-order chi connectivity index (χ0) is 23.5. The summed E-state index contributed by atoms with van der Waals surface area (Å²) in [6, 6.07) is 8.05. The van der Waals surface area contributed by atoms with Crippen molar-refractivity contribution >= 4 is 29.3 Å². The van der Waals surface area contributed by atoms with Gasteiger partial charge in [0.1, 0.15) is 23.3 Å². The molecule has 1 unspecified atom stereocenters. The lowest BCUT2D eigenvalue weighted by molar-refractivity contribution is -0.135. The fourth-order valence-electron chi connectivity index (χ4n) is 4.27. The predicted octanol–water partition coefficient (Wildman–Crippen LogP) is 3.38. The fraction of sp³-hybridized carbons (Fsp3) is 0.375. The van der Waals surface area contributed by atoms with Gasteiger partial charge in [-0.1, -0.05) is 12.1 Å². The molecule has 2 aliphatic heterocycles. The molecule has 34 heavy (non-hydrogen) atoms. The number of likely N-dealkylation sites (tertiary alicyclic amines) is 1. The first kappa shape index (κ1) is 22.0. The van der Waals surface area contributed by atoms with E-state index in [4.69, 9.17) is 4.98 Å². The summed E-state index contributed by atoms with van der Waals surface area (Å²) in [6.07, 6.45) is 7.00. The molecule has 2 N–H and O–H groups in total. The maximum absolute atomic E-state index is 13.3. The van der Waals surface area contributed by atoms with Crippen LogP contribution in [0.5, 0.6) is 0 Å². The van der Waals surface area contributed by atoms with Crippen molar-refractivity contribution in [3.63, 3.8) is 0 Å². The van der Waals surface area contributed by atoms with E-state index in [0.29, 0.717) is 30.7 Å². The van der Waals surface area contributed by atoms with Gasteiger partial charge in [0, 0.05) is 44.6 Å². The number of carbonyl (C=O) groups excluding carboxylic acids is 1. The van der Waals surface area contributed by atoms with Crippen molar-refractivity contribution in [3.8, 4) is 0 Å². The average molecular weight is 463 g/mol. The molecule has 0 bridgehead atoms. The molecule has 9 nitrogen and oxygen atoms in total. The normalized spacial score (nSPS) is 16.8. The number of aromatic nitrogens is 4. The van der Waals surface area contributed by atoms with Crippen molar-refractivity contribution in [3.05, 3.63) is 60.3 Å². The highest BCUT2D eigenvalue weighted by molar-refractivity contribution is 5.82. The van der Waals surface area contributed by atoms with Gasteiger partial charge in [0.25, 0.3) is 0 Å². The topological polar surface area (TPSA) is 99.2 Å². The largest absolute Gasteiger partial charge is 0.355 e. The van der Waals surface area contributed by atoms with E-state index < -0.39 is 0 Å². The molecule has 2 aromatic heterocycles. The number of anilines is 4. The van der Waals surface area contributed by atoms with E-state index in [0.717, 1.165) is 37.3 Å². The second-order valence-corrected chi connectivity index (χ2v) is 8.70. The highest BCUT2D eigenvalue weighted by Crippen LogP contribution is 2.29. The van der Waals surface area contributed by atoms with E-state index >= 15 is 0 Å². The molecule has 3 aromatic rings. The zero-order valence-electron chi connectivity index (χ0n) is 19.0. The third-order valence-electron chi connectivity index (χ3n) is 6.22. The Bertz CT molecular complexity index is 1130. The Hall–Kier alpha value is -3.82. The first-order valence-electron chi connectivity index (χ1n) is 11.5. The Morgan fingerprint density at radius 2 is 1.85 bits per heavy atom. The third kappa shape index (κ3) is 4.90. The van der Waals surface area contributed by atoms with Crippen LogP contribution in [0, 0.1) is 11.7 Å². The number of carbonyl (C=O) groups is 1. The lowest BCUT2D eigenvalue weighted by atomic mass is 9.98. The van der Waals surface area contributed by atoms with Crippen molar-refractivity contribution in [1.29, 1.82) is 0 Å². The Morgan fingerprint density at radius 1 is 1.09 bits per heavy atom. The van der Waals surface area contributed by atoms with Crippen LogP contribution in [0.2, 0.25) is 0 Å². The molecule has 0 radical (unpaired) electrons. The number of benzene rings is 1. The summed E-state index contributed by atoms with van der Waals surface area (Å²) in [6.45, 7) is 4.95. The van der Waals surface area contributed by atoms with Crippen LogP contribution < -0.4 is 15.5 Å². The van der Waals surface area contributed by atoms with Gasteiger partial charge >= 0.3 is 0 Å². The molecule has 2 aliphatic rings. The van der Waals surface area contributed by atoms with Gasteiger partial charge in [-0.05, 0) is 37.5 Å². The van der Waals surface area contributed by atoms with Crippen molar-refractivity contribution in [2.24, 2.45) is 5.92 Å². The van der Waals surface area contributed by atoms with Gasteiger partial charge in [0.15, 0.2) is 0 Å². The summed E-state index contributed by atoms with van der Waals surface area (Å²) >= 11 is 0. The third-order valence-corrected chi connectivity index (χ3v) is 6.22. The van der Waals surface area contributed by atoms with E-state index in [1.165, 1.54) is 12.1 Å². The SMILES string of the molecule is CC(Nc1nc(Nc2cnccn2)cc(N2CC(C(=O)N3CCCC3)C2)n1)c1ccc(F)cc1. The first-order chi connectivity index (χ1) is 16.5. The van der Waals surface area contributed by atoms with Gasteiger partial charge in [-0.3, -0.25) is 9.78 Å². The first-order valence-corrected chi connectivity index (χ1v) is 11.5. The van der Waals surface area contributed by atoms with Gasteiger partial charge in [0.05, 0.1) is 18.2 Å². The molecule has 2 saturated heterocycles. The number of hydrogen-bond acceptors (Lipinski definition) is 8. The summed E-state index contributed by atoms with van der Waals surface area (Å²) in [4.78, 5) is 34.4. The Labute approximate surface area is 197 Å². The Kier molecular flexibility index (Phi) is 6.20. The maximum Gasteiger partial charge on any atom is 0.229 e. The van der Waals surface area contributed by atoms with E-state index in [2.05, 4.69) is 30.5 Å². The second-order valence-electron chi connectivity index (χ2n) is 8.70. The van der Waals surface area contributed by atoms with Gasteiger partial charge < -0.3 is 20.4 Å². The summed E-state index contributed by atoms with van der Waals surface area (Å²) in [7, 11) is 0. The van der Waals surface area contributed by atoms with E-state index in [1.54, 1.807) is 30.7 Å². The summed E-state index contributed by atoms with van der Waals surface area (Å²) in [5.41, 5.74) is 0.916. The van der Waals surface area contributed by atoms with Gasteiger partial charge in [-0.15, -0.1) is 0 Å². The van der Waals surface area contributed by atoms with Gasteiger partial charge in [-0.2, -0.15) is 9.97 Å². The number of rotatable bonds is 7. The molecule has 1 aromatic carbocycles. The Balaban J connectivity index is 1.34. The van der Waals surface area contributed by atoms with Crippen molar-refractivity contribution in [2.75, 3.05) is 41.7 Å². The highest BCUT2D eigenvalue weighted by atomic mass is 19.1. The molecule has 4 heterocycles. The summed E-state index contributed by atoms with van der Waals surface area (Å²) < 4.78 is 13.3. The number of hydrogen-bond donors (Lipinski definition) is 2. The van der Waals surface area contributed by atoms with Crippen LogP contribution in [0.4, 0.5) is 27.8 Å². The van der Waals surface area contributed by atoms with Crippen molar-refractivity contribution < 1.29 is 9.18 Å². The van der Waals surface area contributed by atoms with Gasteiger partial charge in [-0.25, -0.2) is 9.37 Å². The quantitative estimate of drug-likeness (QED) is 0.551. The molecule has 1 amide bonds. The predicted molar refractivity (Wildman–Crippen MR) is 127 cm³/mol. The minimum absolute atomic E-state index is 0.000914. The minimum Gasteiger partial charge on any atom is -0.355 e. The van der Waals surface area contributed by atoms with Crippen LogP contribution in [0.3, 0.4) is 0 Å². The number of amides is 1. The minimum atomic E-state index is -0.277. The van der Waals surface area contributed by atoms with Crippen LogP contribution in [-0.4, -0.2) is 56.9 Å². The molecule has 0 aliphatic carbocycles.